The largest absolute Gasteiger partial charge is 0.306 e. The molecule has 0 radical (unpaired) electrons. The minimum absolute atomic E-state index is 0.226. The monoisotopic (exact) mass is 405 g/mol. The Balaban J connectivity index is 2.55. The predicted molar refractivity (Wildman–Crippen MR) is 85.7 cm³/mol. The quantitative estimate of drug-likeness (QED) is 0.727. The van der Waals surface area contributed by atoms with Crippen LogP contribution >= 0.6 is 22.6 Å². The third-order valence-corrected chi connectivity index (χ3v) is 4.20. The third-order valence-electron chi connectivity index (χ3n) is 3.27. The van der Waals surface area contributed by atoms with Crippen LogP contribution in [-0.2, 0) is 0 Å². The van der Waals surface area contributed by atoms with Crippen LogP contribution < -0.4 is 5.32 Å². The van der Waals surface area contributed by atoms with Gasteiger partial charge in [-0.05, 0) is 71.5 Å². The molecule has 5 heteroatoms. The van der Waals surface area contributed by atoms with E-state index in [4.69, 9.17) is 0 Å². The van der Waals surface area contributed by atoms with E-state index in [1.165, 1.54) is 31.2 Å². The Bertz CT molecular complexity index is 658. The Morgan fingerprint density at radius 1 is 1.05 bits per heavy atom. The summed E-state index contributed by atoms with van der Waals surface area (Å²) >= 11 is 2.00. The molecule has 1 unspecified atom stereocenters. The van der Waals surface area contributed by atoms with Gasteiger partial charge in [-0.25, -0.2) is 13.2 Å². The molecule has 0 amide bonds. The van der Waals surface area contributed by atoms with Crippen molar-refractivity contribution >= 4 is 22.6 Å². The summed E-state index contributed by atoms with van der Waals surface area (Å²) < 4.78 is 41.9. The highest BCUT2D eigenvalue weighted by molar-refractivity contribution is 14.1. The molecular weight excluding hydrogens is 390 g/mol. The van der Waals surface area contributed by atoms with E-state index in [0.717, 1.165) is 5.56 Å². The first-order chi connectivity index (χ1) is 9.93. The van der Waals surface area contributed by atoms with E-state index in [9.17, 15) is 13.2 Å². The number of halogens is 4. The summed E-state index contributed by atoms with van der Waals surface area (Å²) in [5, 5.41) is 3.13. The lowest BCUT2D eigenvalue weighted by Crippen LogP contribution is -2.24. The fraction of sp³-hybridized carbons (Fsp3) is 0.250. The smallest absolute Gasteiger partial charge is 0.128 e. The average Bonchev–Trinajstić information content (AvgIpc) is 2.41. The van der Waals surface area contributed by atoms with Crippen LogP contribution in [0.15, 0.2) is 30.3 Å². The van der Waals surface area contributed by atoms with Crippen molar-refractivity contribution in [2.24, 2.45) is 0 Å². The Hall–Kier alpha value is -1.08. The third kappa shape index (κ3) is 3.58. The molecule has 1 nitrogen and oxygen atoms in total. The van der Waals surface area contributed by atoms with Gasteiger partial charge in [0.1, 0.15) is 17.5 Å². The molecule has 0 heterocycles. The molecule has 112 valence electrons. The van der Waals surface area contributed by atoms with Crippen molar-refractivity contribution in [3.8, 4) is 0 Å². The Morgan fingerprint density at radius 3 is 2.38 bits per heavy atom. The highest BCUT2D eigenvalue weighted by Gasteiger charge is 2.21. The molecule has 0 aliphatic heterocycles. The van der Waals surface area contributed by atoms with Gasteiger partial charge in [0, 0.05) is 9.13 Å². The van der Waals surface area contributed by atoms with Crippen LogP contribution in [0.4, 0.5) is 13.2 Å². The summed E-state index contributed by atoms with van der Waals surface area (Å²) in [6.45, 7) is 3.98. The Morgan fingerprint density at radius 2 is 1.76 bits per heavy atom. The maximum Gasteiger partial charge on any atom is 0.128 e. The predicted octanol–water partition coefficient (Wildman–Crippen LogP) is 4.72. The molecule has 2 rings (SSSR count). The molecule has 2 aromatic rings. The van der Waals surface area contributed by atoms with Crippen molar-refractivity contribution in [3.05, 3.63) is 68.0 Å². The SMILES string of the molecule is CCNC(c1cc(F)c(C)cc1F)c1ccc(F)cc1I. The number of rotatable bonds is 4. The number of benzene rings is 2. The van der Waals surface area contributed by atoms with Gasteiger partial charge in [-0.15, -0.1) is 0 Å². The molecule has 0 spiro atoms. The van der Waals surface area contributed by atoms with E-state index in [1.807, 2.05) is 29.5 Å². The Labute approximate surface area is 135 Å². The average molecular weight is 405 g/mol. The van der Waals surface area contributed by atoms with Gasteiger partial charge in [-0.1, -0.05) is 13.0 Å². The van der Waals surface area contributed by atoms with Gasteiger partial charge in [0.15, 0.2) is 0 Å². The van der Waals surface area contributed by atoms with E-state index in [2.05, 4.69) is 5.32 Å². The van der Waals surface area contributed by atoms with Crippen molar-refractivity contribution in [1.82, 2.24) is 5.32 Å². The molecular formula is C16H15F3IN. The maximum absolute atomic E-state index is 14.2. The lowest BCUT2D eigenvalue weighted by atomic mass is 9.97. The minimum Gasteiger partial charge on any atom is -0.306 e. The maximum atomic E-state index is 14.2. The molecule has 0 aromatic heterocycles. The van der Waals surface area contributed by atoms with Gasteiger partial charge in [-0.2, -0.15) is 0 Å². The molecule has 0 fully saturated rings. The molecule has 0 saturated heterocycles. The van der Waals surface area contributed by atoms with Crippen molar-refractivity contribution in [1.29, 1.82) is 0 Å². The highest BCUT2D eigenvalue weighted by Crippen LogP contribution is 2.30. The normalized spacial score (nSPS) is 12.5. The molecule has 1 N–H and O–H groups in total. The summed E-state index contributed by atoms with van der Waals surface area (Å²) in [5.41, 5.74) is 1.21. The molecule has 0 bridgehead atoms. The van der Waals surface area contributed by atoms with E-state index < -0.39 is 17.7 Å². The molecule has 0 aliphatic carbocycles. The highest BCUT2D eigenvalue weighted by atomic mass is 127. The Kier molecular flexibility index (Phi) is 5.27. The first-order valence-corrected chi connectivity index (χ1v) is 7.65. The van der Waals surface area contributed by atoms with E-state index in [0.29, 0.717) is 10.1 Å². The molecule has 1 atom stereocenters. The zero-order chi connectivity index (χ0) is 15.6. The van der Waals surface area contributed by atoms with Gasteiger partial charge < -0.3 is 5.32 Å². The lowest BCUT2D eigenvalue weighted by Gasteiger charge is -2.21. The summed E-state index contributed by atoms with van der Waals surface area (Å²) in [6, 6.07) is 6.18. The lowest BCUT2D eigenvalue weighted by molar-refractivity contribution is 0.539. The standard InChI is InChI=1S/C16H15F3IN/c1-3-21-16(11-5-4-10(17)7-15(11)20)12-8-13(18)9(2)6-14(12)19/h4-8,16,21H,3H2,1-2H3. The molecule has 2 aromatic carbocycles. The van der Waals surface area contributed by atoms with E-state index in [1.54, 1.807) is 6.07 Å². The van der Waals surface area contributed by atoms with E-state index in [-0.39, 0.29) is 16.9 Å². The topological polar surface area (TPSA) is 12.0 Å². The number of nitrogens with one attached hydrogen (secondary N) is 1. The van der Waals surface area contributed by atoms with Gasteiger partial charge in [0.05, 0.1) is 6.04 Å². The zero-order valence-corrected chi connectivity index (χ0v) is 13.8. The van der Waals surface area contributed by atoms with Crippen LogP contribution in [0.2, 0.25) is 0 Å². The van der Waals surface area contributed by atoms with Crippen LogP contribution in [0.3, 0.4) is 0 Å². The molecule has 0 saturated carbocycles. The van der Waals surface area contributed by atoms with Crippen molar-refractivity contribution < 1.29 is 13.2 Å². The number of hydrogen-bond acceptors (Lipinski definition) is 1. The van der Waals surface area contributed by atoms with E-state index >= 15 is 0 Å². The second kappa shape index (κ2) is 6.79. The van der Waals surface area contributed by atoms with Crippen LogP contribution in [-0.4, -0.2) is 6.54 Å². The van der Waals surface area contributed by atoms with Crippen LogP contribution in [0.25, 0.3) is 0 Å². The summed E-state index contributed by atoms with van der Waals surface area (Å²) in [7, 11) is 0. The van der Waals surface area contributed by atoms with Gasteiger partial charge >= 0.3 is 0 Å². The van der Waals surface area contributed by atoms with Gasteiger partial charge in [0.25, 0.3) is 0 Å². The molecule has 0 aliphatic rings. The molecule has 21 heavy (non-hydrogen) atoms. The van der Waals surface area contributed by atoms with Crippen LogP contribution in [0.1, 0.15) is 29.7 Å². The minimum atomic E-state index is -0.516. The summed E-state index contributed by atoms with van der Waals surface area (Å²) in [5.74, 6) is -1.28. The first kappa shape index (κ1) is 16.3. The van der Waals surface area contributed by atoms with Gasteiger partial charge in [-0.3, -0.25) is 0 Å². The van der Waals surface area contributed by atoms with Crippen molar-refractivity contribution in [2.45, 2.75) is 19.9 Å². The second-order valence-corrected chi connectivity index (χ2v) is 5.94. The fourth-order valence-electron chi connectivity index (χ4n) is 2.21. The number of hydrogen-bond donors (Lipinski definition) is 1. The van der Waals surface area contributed by atoms with Crippen molar-refractivity contribution in [3.63, 3.8) is 0 Å². The first-order valence-electron chi connectivity index (χ1n) is 6.58. The summed E-state index contributed by atoms with van der Waals surface area (Å²) in [4.78, 5) is 0. The van der Waals surface area contributed by atoms with Crippen LogP contribution in [0.5, 0.6) is 0 Å². The zero-order valence-electron chi connectivity index (χ0n) is 11.7. The van der Waals surface area contributed by atoms with Gasteiger partial charge in [0.2, 0.25) is 0 Å². The second-order valence-electron chi connectivity index (χ2n) is 4.78. The summed E-state index contributed by atoms with van der Waals surface area (Å²) in [6.07, 6.45) is 0. The fourth-order valence-corrected chi connectivity index (χ4v) is 3.00. The number of aryl methyl sites for hydroxylation is 1. The van der Waals surface area contributed by atoms with Crippen LogP contribution in [0, 0.1) is 27.9 Å². The van der Waals surface area contributed by atoms with Crippen molar-refractivity contribution in [2.75, 3.05) is 6.54 Å².